The highest BCUT2D eigenvalue weighted by Crippen LogP contribution is 2.29. The van der Waals surface area contributed by atoms with E-state index in [2.05, 4.69) is 0 Å². The molecule has 0 amide bonds. The molecule has 2 aromatic rings. The van der Waals surface area contributed by atoms with Crippen LogP contribution in [0.1, 0.15) is 11.1 Å². The van der Waals surface area contributed by atoms with Crippen LogP contribution in [0.5, 0.6) is 0 Å². The van der Waals surface area contributed by atoms with Crippen LogP contribution >= 0.6 is 23.2 Å². The van der Waals surface area contributed by atoms with Crippen molar-refractivity contribution in [3.8, 4) is 0 Å². The number of nitro groups is 2. The number of nitro benzene ring substituents is 2. The molecular weight excluding hydrogens is 319 g/mol. The zero-order valence-corrected chi connectivity index (χ0v) is 12.0. The summed E-state index contributed by atoms with van der Waals surface area (Å²) < 4.78 is 0. The van der Waals surface area contributed by atoms with Gasteiger partial charge in [0.15, 0.2) is 0 Å². The average molecular weight is 327 g/mol. The number of hydrogen-bond donors (Lipinski definition) is 0. The van der Waals surface area contributed by atoms with Crippen LogP contribution < -0.4 is 0 Å². The number of benzene rings is 2. The molecule has 0 heterocycles. The lowest BCUT2D eigenvalue weighted by Crippen LogP contribution is -1.95. The third-order valence-corrected chi connectivity index (χ3v) is 3.46. The lowest BCUT2D eigenvalue weighted by atomic mass is 10.0. The molecule has 0 aromatic heterocycles. The largest absolute Gasteiger partial charge is 0.288 e. The number of nitrogens with zero attached hydrogens (tertiary/aromatic N) is 2. The molecule has 0 N–H and O–H groups in total. The maximum atomic E-state index is 10.8. The van der Waals surface area contributed by atoms with E-state index in [0.29, 0.717) is 17.5 Å². The Morgan fingerprint density at radius 3 is 1.52 bits per heavy atom. The van der Waals surface area contributed by atoms with Crippen molar-refractivity contribution in [2.45, 2.75) is 6.42 Å². The van der Waals surface area contributed by atoms with Crippen molar-refractivity contribution >= 4 is 34.6 Å². The molecule has 0 saturated heterocycles. The summed E-state index contributed by atoms with van der Waals surface area (Å²) in [5.74, 6) is 0. The average Bonchev–Trinajstić information content (AvgIpc) is 2.42. The Morgan fingerprint density at radius 1 is 0.810 bits per heavy atom. The Morgan fingerprint density at radius 2 is 1.19 bits per heavy atom. The molecule has 0 radical (unpaired) electrons. The van der Waals surface area contributed by atoms with Crippen LogP contribution in [0.25, 0.3) is 0 Å². The highest BCUT2D eigenvalue weighted by molar-refractivity contribution is 6.33. The fourth-order valence-corrected chi connectivity index (χ4v) is 2.23. The number of rotatable bonds is 4. The van der Waals surface area contributed by atoms with E-state index in [9.17, 15) is 20.2 Å². The van der Waals surface area contributed by atoms with E-state index in [4.69, 9.17) is 23.2 Å². The first kappa shape index (κ1) is 15.2. The Hall–Kier alpha value is -2.18. The van der Waals surface area contributed by atoms with Crippen LogP contribution in [-0.2, 0) is 6.42 Å². The second-order valence-corrected chi connectivity index (χ2v) is 5.08. The van der Waals surface area contributed by atoms with Gasteiger partial charge in [0.1, 0.15) is 10.0 Å². The van der Waals surface area contributed by atoms with Crippen LogP contribution in [0.4, 0.5) is 11.4 Å². The maximum Gasteiger partial charge on any atom is 0.288 e. The standard InChI is InChI=1S/C13H8Cl2N2O4/c14-10-3-1-8(6-12(10)16(18)19)5-9-2-4-11(15)13(7-9)17(20)21/h1-4,6-7H,5H2. The first-order chi connectivity index (χ1) is 9.88. The summed E-state index contributed by atoms with van der Waals surface area (Å²) in [5, 5.41) is 21.8. The van der Waals surface area contributed by atoms with Gasteiger partial charge in [-0.25, -0.2) is 0 Å². The maximum absolute atomic E-state index is 10.8. The third kappa shape index (κ3) is 3.48. The van der Waals surface area contributed by atoms with Gasteiger partial charge in [0.2, 0.25) is 0 Å². The number of hydrogen-bond acceptors (Lipinski definition) is 4. The molecule has 0 saturated carbocycles. The second-order valence-electron chi connectivity index (χ2n) is 4.26. The van der Waals surface area contributed by atoms with E-state index < -0.39 is 9.85 Å². The summed E-state index contributed by atoms with van der Waals surface area (Å²) in [6.45, 7) is 0. The summed E-state index contributed by atoms with van der Waals surface area (Å²) in [6.07, 6.45) is 0.302. The van der Waals surface area contributed by atoms with Gasteiger partial charge in [-0.15, -0.1) is 0 Å². The zero-order valence-electron chi connectivity index (χ0n) is 10.5. The highest BCUT2D eigenvalue weighted by Gasteiger charge is 2.15. The zero-order chi connectivity index (χ0) is 15.6. The molecule has 0 spiro atoms. The van der Waals surface area contributed by atoms with Crippen molar-refractivity contribution in [2.75, 3.05) is 0 Å². The molecule has 2 rings (SSSR count). The Balaban J connectivity index is 2.34. The van der Waals surface area contributed by atoms with Crippen molar-refractivity contribution < 1.29 is 9.85 Å². The monoisotopic (exact) mass is 326 g/mol. The van der Waals surface area contributed by atoms with E-state index >= 15 is 0 Å². The van der Waals surface area contributed by atoms with Gasteiger partial charge in [-0.1, -0.05) is 35.3 Å². The van der Waals surface area contributed by atoms with Crippen LogP contribution in [0, 0.1) is 20.2 Å². The van der Waals surface area contributed by atoms with Crippen LogP contribution in [-0.4, -0.2) is 9.85 Å². The summed E-state index contributed by atoms with van der Waals surface area (Å²) in [7, 11) is 0. The molecule has 108 valence electrons. The van der Waals surface area contributed by atoms with Gasteiger partial charge in [0.05, 0.1) is 9.85 Å². The fourth-order valence-electron chi connectivity index (χ4n) is 1.85. The molecule has 0 bridgehead atoms. The van der Waals surface area contributed by atoms with Crippen LogP contribution in [0.2, 0.25) is 10.0 Å². The molecule has 6 nitrogen and oxygen atoms in total. The predicted octanol–water partition coefficient (Wildman–Crippen LogP) is 4.40. The summed E-state index contributed by atoms with van der Waals surface area (Å²) in [6, 6.07) is 8.83. The molecule has 0 fully saturated rings. The van der Waals surface area contributed by atoms with Gasteiger partial charge < -0.3 is 0 Å². The SMILES string of the molecule is O=[N+]([O-])c1cc(Cc2ccc(Cl)c([N+](=O)[O-])c2)ccc1Cl. The van der Waals surface area contributed by atoms with Gasteiger partial charge in [0, 0.05) is 12.1 Å². The lowest BCUT2D eigenvalue weighted by Gasteiger charge is -2.04. The molecule has 0 unspecified atom stereocenters. The van der Waals surface area contributed by atoms with Gasteiger partial charge in [-0.2, -0.15) is 0 Å². The Kier molecular flexibility index (Phi) is 4.40. The first-order valence-electron chi connectivity index (χ1n) is 5.74. The van der Waals surface area contributed by atoms with Crippen molar-refractivity contribution in [1.82, 2.24) is 0 Å². The van der Waals surface area contributed by atoms with Crippen LogP contribution in [0.15, 0.2) is 36.4 Å². The van der Waals surface area contributed by atoms with E-state index in [-0.39, 0.29) is 21.4 Å². The van der Waals surface area contributed by atoms with Crippen LogP contribution in [0.3, 0.4) is 0 Å². The minimum atomic E-state index is -0.573. The molecule has 0 aliphatic rings. The first-order valence-corrected chi connectivity index (χ1v) is 6.49. The second kappa shape index (κ2) is 6.07. The smallest absolute Gasteiger partial charge is 0.258 e. The van der Waals surface area contributed by atoms with Crippen molar-refractivity contribution in [3.05, 3.63) is 77.8 Å². The molecule has 8 heteroatoms. The minimum absolute atomic E-state index is 0.0471. The Bertz CT molecular complexity index is 673. The van der Waals surface area contributed by atoms with Crippen molar-refractivity contribution in [3.63, 3.8) is 0 Å². The lowest BCUT2D eigenvalue weighted by molar-refractivity contribution is -0.384. The summed E-state index contributed by atoms with van der Waals surface area (Å²) in [5.41, 5.74) is 0.862. The van der Waals surface area contributed by atoms with Gasteiger partial charge in [-0.05, 0) is 29.7 Å². The van der Waals surface area contributed by atoms with E-state index in [1.807, 2.05) is 0 Å². The van der Waals surface area contributed by atoms with Crippen molar-refractivity contribution in [2.24, 2.45) is 0 Å². The van der Waals surface area contributed by atoms with E-state index in [1.165, 1.54) is 24.3 Å². The molecule has 0 atom stereocenters. The number of halogens is 2. The van der Waals surface area contributed by atoms with Gasteiger partial charge in [-0.3, -0.25) is 20.2 Å². The quantitative estimate of drug-likeness (QED) is 0.615. The fraction of sp³-hybridized carbons (Fsp3) is 0.0769. The molecule has 0 aliphatic carbocycles. The molecular formula is C13H8Cl2N2O4. The molecule has 0 aliphatic heterocycles. The Labute approximate surface area is 129 Å². The topological polar surface area (TPSA) is 86.3 Å². The van der Waals surface area contributed by atoms with Crippen molar-refractivity contribution in [1.29, 1.82) is 0 Å². The summed E-state index contributed by atoms with van der Waals surface area (Å²) in [4.78, 5) is 20.5. The summed E-state index contributed by atoms with van der Waals surface area (Å²) >= 11 is 11.5. The van der Waals surface area contributed by atoms with Gasteiger partial charge in [0.25, 0.3) is 11.4 Å². The van der Waals surface area contributed by atoms with Gasteiger partial charge >= 0.3 is 0 Å². The molecule has 21 heavy (non-hydrogen) atoms. The third-order valence-electron chi connectivity index (χ3n) is 2.82. The highest BCUT2D eigenvalue weighted by atomic mass is 35.5. The van der Waals surface area contributed by atoms with E-state index in [1.54, 1.807) is 12.1 Å². The minimum Gasteiger partial charge on any atom is -0.258 e. The predicted molar refractivity (Wildman–Crippen MR) is 79.0 cm³/mol. The normalized spacial score (nSPS) is 10.4. The molecule has 2 aromatic carbocycles. The van der Waals surface area contributed by atoms with E-state index in [0.717, 1.165) is 0 Å².